The van der Waals surface area contributed by atoms with Crippen LogP contribution in [0.25, 0.3) is 11.0 Å². The number of benzene rings is 1. The third-order valence-corrected chi connectivity index (χ3v) is 5.15. The number of carboxylic acid groups (broad SMARTS) is 1. The number of carbonyl (C=O) groups excluding carboxylic acids is 2. The Morgan fingerprint density at radius 3 is 2.50 bits per heavy atom. The molecular weight excluding hydrogens is 416 g/mol. The van der Waals surface area contributed by atoms with E-state index in [1.54, 1.807) is 19.1 Å². The van der Waals surface area contributed by atoms with E-state index in [4.69, 9.17) is 9.15 Å². The number of carbonyl (C=O) groups is 3. The SMILES string of the molecule is CCCc1cc(=O)oc2cc(C)cc(OCC(=O)NCC(=O)N[C@H](C(=O)O)[C@@H](C)CC)c12. The van der Waals surface area contributed by atoms with E-state index in [1.807, 2.05) is 20.8 Å². The number of fused-ring (bicyclic) bond motifs is 1. The molecule has 0 fully saturated rings. The highest BCUT2D eigenvalue weighted by atomic mass is 16.5. The van der Waals surface area contributed by atoms with Crippen molar-refractivity contribution < 1.29 is 28.6 Å². The summed E-state index contributed by atoms with van der Waals surface area (Å²) in [6.45, 7) is 6.64. The van der Waals surface area contributed by atoms with Gasteiger partial charge >= 0.3 is 11.6 Å². The zero-order valence-corrected chi connectivity index (χ0v) is 18.8. The fourth-order valence-corrected chi connectivity index (χ4v) is 3.33. The van der Waals surface area contributed by atoms with Gasteiger partial charge < -0.3 is 24.9 Å². The van der Waals surface area contributed by atoms with E-state index in [0.29, 0.717) is 29.6 Å². The molecule has 0 aliphatic heterocycles. The second-order valence-corrected chi connectivity index (χ2v) is 7.81. The van der Waals surface area contributed by atoms with Crippen molar-refractivity contribution in [2.24, 2.45) is 5.92 Å². The van der Waals surface area contributed by atoms with Crippen molar-refractivity contribution in [3.05, 3.63) is 39.7 Å². The zero-order valence-electron chi connectivity index (χ0n) is 18.8. The van der Waals surface area contributed by atoms with Crippen LogP contribution in [-0.4, -0.2) is 42.1 Å². The molecule has 0 saturated carbocycles. The summed E-state index contributed by atoms with van der Waals surface area (Å²) in [6.07, 6.45) is 2.05. The van der Waals surface area contributed by atoms with Crippen molar-refractivity contribution in [1.82, 2.24) is 10.6 Å². The van der Waals surface area contributed by atoms with Crippen LogP contribution in [0.4, 0.5) is 0 Å². The molecule has 2 aromatic rings. The normalized spacial score (nSPS) is 12.8. The number of nitrogens with one attached hydrogen (secondary N) is 2. The number of ether oxygens (including phenoxy) is 1. The summed E-state index contributed by atoms with van der Waals surface area (Å²) < 4.78 is 11.0. The summed E-state index contributed by atoms with van der Waals surface area (Å²) in [5.41, 5.74) is 1.52. The lowest BCUT2D eigenvalue weighted by Gasteiger charge is -2.20. The maximum Gasteiger partial charge on any atom is 0.336 e. The van der Waals surface area contributed by atoms with Gasteiger partial charge in [0.25, 0.3) is 5.91 Å². The molecule has 2 rings (SSSR count). The molecule has 1 heterocycles. The van der Waals surface area contributed by atoms with E-state index < -0.39 is 29.5 Å². The second-order valence-electron chi connectivity index (χ2n) is 7.81. The van der Waals surface area contributed by atoms with Gasteiger partial charge in [-0.3, -0.25) is 9.59 Å². The molecule has 9 nitrogen and oxygen atoms in total. The van der Waals surface area contributed by atoms with Gasteiger partial charge in [0.2, 0.25) is 5.91 Å². The van der Waals surface area contributed by atoms with Crippen LogP contribution in [0.2, 0.25) is 0 Å². The molecule has 2 amide bonds. The summed E-state index contributed by atoms with van der Waals surface area (Å²) >= 11 is 0. The Morgan fingerprint density at radius 2 is 1.88 bits per heavy atom. The topological polar surface area (TPSA) is 135 Å². The van der Waals surface area contributed by atoms with E-state index in [9.17, 15) is 24.3 Å². The second kappa shape index (κ2) is 11.3. The Kier molecular flexibility index (Phi) is 8.80. The molecule has 0 unspecified atom stereocenters. The Morgan fingerprint density at radius 1 is 1.16 bits per heavy atom. The van der Waals surface area contributed by atoms with Gasteiger partial charge in [0.1, 0.15) is 17.4 Å². The average molecular weight is 447 g/mol. The first-order valence-electron chi connectivity index (χ1n) is 10.6. The first-order valence-corrected chi connectivity index (χ1v) is 10.6. The molecule has 0 bridgehead atoms. The molecule has 1 aromatic carbocycles. The van der Waals surface area contributed by atoms with Crippen molar-refractivity contribution in [1.29, 1.82) is 0 Å². The van der Waals surface area contributed by atoms with Gasteiger partial charge in [-0.2, -0.15) is 0 Å². The molecular formula is C23H30N2O7. The number of carboxylic acids is 1. The summed E-state index contributed by atoms with van der Waals surface area (Å²) in [4.78, 5) is 47.4. The number of rotatable bonds is 11. The zero-order chi connectivity index (χ0) is 23.8. The molecule has 9 heteroatoms. The van der Waals surface area contributed by atoms with E-state index in [2.05, 4.69) is 10.6 Å². The molecule has 2 atom stereocenters. The number of hydrogen-bond acceptors (Lipinski definition) is 6. The molecule has 0 saturated heterocycles. The van der Waals surface area contributed by atoms with Crippen LogP contribution in [0.1, 0.15) is 44.7 Å². The van der Waals surface area contributed by atoms with Crippen molar-refractivity contribution >= 4 is 28.8 Å². The van der Waals surface area contributed by atoms with Crippen LogP contribution in [0.5, 0.6) is 5.75 Å². The monoisotopic (exact) mass is 446 g/mol. The largest absolute Gasteiger partial charge is 0.483 e. The van der Waals surface area contributed by atoms with Crippen LogP contribution in [0.3, 0.4) is 0 Å². The number of amides is 2. The van der Waals surface area contributed by atoms with Gasteiger partial charge in [-0.15, -0.1) is 0 Å². The molecule has 0 aliphatic rings. The van der Waals surface area contributed by atoms with Gasteiger partial charge in [-0.05, 0) is 42.5 Å². The first-order chi connectivity index (χ1) is 15.2. The van der Waals surface area contributed by atoms with Crippen molar-refractivity contribution in [2.75, 3.05) is 13.2 Å². The first kappa shape index (κ1) is 24.9. The summed E-state index contributed by atoms with van der Waals surface area (Å²) in [7, 11) is 0. The Bertz CT molecular complexity index is 1040. The molecule has 0 radical (unpaired) electrons. The van der Waals surface area contributed by atoms with Crippen LogP contribution >= 0.6 is 0 Å². The van der Waals surface area contributed by atoms with Crippen molar-refractivity contribution in [3.63, 3.8) is 0 Å². The summed E-state index contributed by atoms with van der Waals surface area (Å²) in [5.74, 6) is -2.10. The van der Waals surface area contributed by atoms with Gasteiger partial charge in [-0.1, -0.05) is 33.6 Å². The van der Waals surface area contributed by atoms with Crippen molar-refractivity contribution in [2.45, 2.75) is 53.0 Å². The minimum Gasteiger partial charge on any atom is -0.483 e. The minimum atomic E-state index is -1.12. The quantitative estimate of drug-likeness (QED) is 0.450. The van der Waals surface area contributed by atoms with Crippen molar-refractivity contribution in [3.8, 4) is 5.75 Å². The van der Waals surface area contributed by atoms with Gasteiger partial charge in [0, 0.05) is 6.07 Å². The fraction of sp³-hybridized carbons (Fsp3) is 0.478. The van der Waals surface area contributed by atoms with E-state index in [-0.39, 0.29) is 19.1 Å². The van der Waals surface area contributed by atoms with E-state index in [0.717, 1.165) is 17.5 Å². The molecule has 0 spiro atoms. The lowest BCUT2D eigenvalue weighted by Crippen LogP contribution is -2.48. The van der Waals surface area contributed by atoms with Gasteiger partial charge in [-0.25, -0.2) is 9.59 Å². The van der Waals surface area contributed by atoms with Crippen LogP contribution in [0.15, 0.2) is 27.4 Å². The van der Waals surface area contributed by atoms with Crippen LogP contribution in [-0.2, 0) is 20.8 Å². The fourth-order valence-electron chi connectivity index (χ4n) is 3.33. The lowest BCUT2D eigenvalue weighted by molar-refractivity contribution is -0.143. The van der Waals surface area contributed by atoms with Gasteiger partial charge in [0.05, 0.1) is 11.9 Å². The number of aryl methyl sites for hydroxylation is 2. The third kappa shape index (κ3) is 6.57. The smallest absolute Gasteiger partial charge is 0.336 e. The molecule has 174 valence electrons. The Balaban J connectivity index is 2.04. The number of aliphatic carboxylic acids is 1. The highest BCUT2D eigenvalue weighted by molar-refractivity contribution is 5.90. The van der Waals surface area contributed by atoms with E-state index in [1.165, 1.54) is 6.07 Å². The molecule has 0 aliphatic carbocycles. The Hall–Kier alpha value is -3.36. The standard InChI is InChI=1S/C23H30N2O7/c1-5-7-15-10-20(28)32-17-9-13(3)8-16(21(15)17)31-12-19(27)24-11-18(26)25-22(23(29)30)14(4)6-2/h8-10,14,22H,5-7,11-12H2,1-4H3,(H,24,27)(H,25,26)(H,29,30)/t14-,22-/m0/s1. The Labute approximate surface area is 186 Å². The molecule has 3 N–H and O–H groups in total. The third-order valence-electron chi connectivity index (χ3n) is 5.15. The van der Waals surface area contributed by atoms with Crippen LogP contribution in [0, 0.1) is 12.8 Å². The minimum absolute atomic E-state index is 0.248. The lowest BCUT2D eigenvalue weighted by atomic mass is 9.99. The maximum absolute atomic E-state index is 12.2. The highest BCUT2D eigenvalue weighted by Gasteiger charge is 2.25. The number of hydrogen-bond donors (Lipinski definition) is 3. The summed E-state index contributed by atoms with van der Waals surface area (Å²) in [6, 6.07) is 3.90. The predicted octanol–water partition coefficient (Wildman–Crippen LogP) is 2.16. The highest BCUT2D eigenvalue weighted by Crippen LogP contribution is 2.30. The van der Waals surface area contributed by atoms with Gasteiger partial charge in [0.15, 0.2) is 6.61 Å². The maximum atomic E-state index is 12.2. The van der Waals surface area contributed by atoms with Crippen LogP contribution < -0.4 is 21.0 Å². The predicted molar refractivity (Wildman–Crippen MR) is 119 cm³/mol. The summed E-state index contributed by atoms with van der Waals surface area (Å²) in [5, 5.41) is 14.7. The molecule has 1 aromatic heterocycles. The van der Waals surface area contributed by atoms with E-state index >= 15 is 0 Å². The molecule has 32 heavy (non-hydrogen) atoms. The average Bonchev–Trinajstić information content (AvgIpc) is 2.73.